The predicted octanol–water partition coefficient (Wildman–Crippen LogP) is 3.96. The second-order valence-corrected chi connectivity index (χ2v) is 5.91. The smallest absolute Gasteiger partial charge is 0.303 e. The zero-order valence-corrected chi connectivity index (χ0v) is 12.5. The van der Waals surface area contributed by atoms with Crippen LogP contribution in [0.25, 0.3) is 0 Å². The summed E-state index contributed by atoms with van der Waals surface area (Å²) >= 11 is 0. The Balaban J connectivity index is 3.24. The number of carboxylic acid groups (broad SMARTS) is 1. The fraction of sp³-hybridized carbons (Fsp3) is 0.562. The van der Waals surface area contributed by atoms with Crippen LogP contribution >= 0.6 is 0 Å². The van der Waals surface area contributed by atoms with E-state index in [1.165, 1.54) is 5.56 Å². The molecule has 3 heteroatoms. The lowest BCUT2D eigenvalue weighted by Crippen LogP contribution is -2.13. The average Bonchev–Trinajstić information content (AvgIpc) is 2.33. The van der Waals surface area contributed by atoms with Crippen LogP contribution in [-0.2, 0) is 10.2 Å². The molecule has 19 heavy (non-hydrogen) atoms. The lowest BCUT2D eigenvalue weighted by molar-refractivity contribution is -0.137. The zero-order valence-electron chi connectivity index (χ0n) is 12.5. The summed E-state index contributed by atoms with van der Waals surface area (Å²) in [6.45, 7) is 8.46. The van der Waals surface area contributed by atoms with E-state index in [-0.39, 0.29) is 17.8 Å². The van der Waals surface area contributed by atoms with E-state index in [9.17, 15) is 4.79 Å². The summed E-state index contributed by atoms with van der Waals surface area (Å²) in [4.78, 5) is 11.0. The van der Waals surface area contributed by atoms with Gasteiger partial charge in [0.2, 0.25) is 0 Å². The SMILES string of the molecule is CCC(CC(=O)O)c1cc(C(C)(C)C)ccc1OC. The third-order valence-corrected chi connectivity index (χ3v) is 3.45. The van der Waals surface area contributed by atoms with Crippen molar-refractivity contribution in [1.82, 2.24) is 0 Å². The van der Waals surface area contributed by atoms with E-state index in [1.54, 1.807) is 7.11 Å². The fourth-order valence-corrected chi connectivity index (χ4v) is 2.20. The third-order valence-electron chi connectivity index (χ3n) is 3.45. The van der Waals surface area contributed by atoms with Crippen molar-refractivity contribution in [2.24, 2.45) is 0 Å². The maximum atomic E-state index is 11.0. The van der Waals surface area contributed by atoms with Gasteiger partial charge in [-0.3, -0.25) is 4.79 Å². The first-order valence-corrected chi connectivity index (χ1v) is 6.69. The van der Waals surface area contributed by atoms with Crippen LogP contribution in [0.5, 0.6) is 5.75 Å². The van der Waals surface area contributed by atoms with E-state index in [4.69, 9.17) is 9.84 Å². The third kappa shape index (κ3) is 3.98. The summed E-state index contributed by atoms with van der Waals surface area (Å²) in [5.74, 6) is 0.00548. The number of rotatable bonds is 5. The molecule has 1 rings (SSSR count). The molecular formula is C16H24O3. The first-order chi connectivity index (χ1) is 8.79. The standard InChI is InChI=1S/C16H24O3/c1-6-11(9-15(17)18)13-10-12(16(2,3)4)7-8-14(13)19-5/h7-8,10-11H,6,9H2,1-5H3,(H,17,18). The first kappa shape index (κ1) is 15.5. The molecule has 0 aliphatic rings. The molecule has 0 aromatic heterocycles. The van der Waals surface area contributed by atoms with Crippen LogP contribution < -0.4 is 4.74 Å². The molecule has 0 saturated carbocycles. The van der Waals surface area contributed by atoms with Crippen LogP contribution in [-0.4, -0.2) is 18.2 Å². The summed E-state index contributed by atoms with van der Waals surface area (Å²) in [7, 11) is 1.63. The molecule has 1 N–H and O–H groups in total. The van der Waals surface area contributed by atoms with Crippen LogP contribution in [0.3, 0.4) is 0 Å². The molecular weight excluding hydrogens is 240 g/mol. The normalized spacial score (nSPS) is 13.1. The van der Waals surface area contributed by atoms with Crippen LogP contribution in [0.15, 0.2) is 18.2 Å². The van der Waals surface area contributed by atoms with Gasteiger partial charge in [0.1, 0.15) is 5.75 Å². The number of carbonyl (C=O) groups is 1. The highest BCUT2D eigenvalue weighted by atomic mass is 16.5. The minimum Gasteiger partial charge on any atom is -0.496 e. The molecule has 0 heterocycles. The molecule has 1 aromatic carbocycles. The minimum atomic E-state index is -0.768. The highest BCUT2D eigenvalue weighted by molar-refractivity contribution is 5.68. The van der Waals surface area contributed by atoms with Crippen molar-refractivity contribution < 1.29 is 14.6 Å². The van der Waals surface area contributed by atoms with Gasteiger partial charge >= 0.3 is 5.97 Å². The Labute approximate surface area is 115 Å². The quantitative estimate of drug-likeness (QED) is 0.875. The maximum absolute atomic E-state index is 11.0. The largest absolute Gasteiger partial charge is 0.496 e. The van der Waals surface area contributed by atoms with Crippen molar-refractivity contribution >= 4 is 5.97 Å². The molecule has 1 aromatic rings. The number of benzene rings is 1. The Morgan fingerprint density at radius 1 is 1.37 bits per heavy atom. The summed E-state index contributed by atoms with van der Waals surface area (Å²) < 4.78 is 5.38. The Kier molecular flexibility index (Phi) is 4.98. The number of hydrogen-bond donors (Lipinski definition) is 1. The predicted molar refractivity (Wildman–Crippen MR) is 77.0 cm³/mol. The zero-order chi connectivity index (χ0) is 14.6. The highest BCUT2D eigenvalue weighted by Gasteiger charge is 2.21. The van der Waals surface area contributed by atoms with Crippen LogP contribution in [0, 0.1) is 0 Å². The summed E-state index contributed by atoms with van der Waals surface area (Å²) in [6, 6.07) is 6.09. The van der Waals surface area contributed by atoms with Gasteiger partial charge in [0.05, 0.1) is 13.5 Å². The topological polar surface area (TPSA) is 46.5 Å². The van der Waals surface area contributed by atoms with Crippen molar-refractivity contribution in [2.45, 2.75) is 51.9 Å². The molecule has 1 unspecified atom stereocenters. The lowest BCUT2D eigenvalue weighted by atomic mass is 9.83. The van der Waals surface area contributed by atoms with E-state index in [0.29, 0.717) is 0 Å². The molecule has 0 bridgehead atoms. The molecule has 0 radical (unpaired) electrons. The van der Waals surface area contributed by atoms with Crippen molar-refractivity contribution in [1.29, 1.82) is 0 Å². The highest BCUT2D eigenvalue weighted by Crippen LogP contribution is 2.35. The van der Waals surface area contributed by atoms with E-state index >= 15 is 0 Å². The minimum absolute atomic E-state index is 0.00486. The second kappa shape index (κ2) is 6.09. The maximum Gasteiger partial charge on any atom is 0.303 e. The van der Waals surface area contributed by atoms with Crippen LogP contribution in [0.4, 0.5) is 0 Å². The van der Waals surface area contributed by atoms with Gasteiger partial charge in [-0.15, -0.1) is 0 Å². The number of ether oxygens (including phenoxy) is 1. The van der Waals surface area contributed by atoms with Gasteiger partial charge in [-0.25, -0.2) is 0 Å². The molecule has 0 amide bonds. The molecule has 0 fully saturated rings. The van der Waals surface area contributed by atoms with E-state index in [1.807, 2.05) is 13.0 Å². The van der Waals surface area contributed by atoms with Crippen LogP contribution in [0.2, 0.25) is 0 Å². The Morgan fingerprint density at radius 2 is 2.00 bits per heavy atom. The van der Waals surface area contributed by atoms with Gasteiger partial charge in [-0.2, -0.15) is 0 Å². The van der Waals surface area contributed by atoms with Gasteiger partial charge in [-0.1, -0.05) is 39.8 Å². The van der Waals surface area contributed by atoms with E-state index < -0.39 is 5.97 Å². The number of carboxylic acids is 1. The summed E-state index contributed by atoms with van der Waals surface area (Å²) in [6.07, 6.45) is 0.927. The van der Waals surface area contributed by atoms with Crippen molar-refractivity contribution in [3.8, 4) is 5.75 Å². The van der Waals surface area contributed by atoms with Gasteiger partial charge in [0.25, 0.3) is 0 Å². The van der Waals surface area contributed by atoms with Crippen LogP contribution in [0.1, 0.15) is 57.6 Å². The molecule has 1 atom stereocenters. The summed E-state index contributed by atoms with van der Waals surface area (Å²) in [5, 5.41) is 9.03. The van der Waals surface area contributed by atoms with E-state index in [0.717, 1.165) is 17.7 Å². The Bertz CT molecular complexity index is 444. The monoisotopic (exact) mass is 264 g/mol. The fourth-order valence-electron chi connectivity index (χ4n) is 2.20. The molecule has 3 nitrogen and oxygen atoms in total. The van der Waals surface area contributed by atoms with Crippen molar-refractivity contribution in [3.05, 3.63) is 29.3 Å². The average molecular weight is 264 g/mol. The number of aliphatic carboxylic acids is 1. The Morgan fingerprint density at radius 3 is 2.42 bits per heavy atom. The molecule has 0 spiro atoms. The lowest BCUT2D eigenvalue weighted by Gasteiger charge is -2.23. The molecule has 0 aliphatic carbocycles. The number of methoxy groups -OCH3 is 1. The number of hydrogen-bond acceptors (Lipinski definition) is 2. The Hall–Kier alpha value is -1.51. The van der Waals surface area contributed by atoms with Gasteiger partial charge < -0.3 is 9.84 Å². The van der Waals surface area contributed by atoms with Gasteiger partial charge in [0, 0.05) is 0 Å². The van der Waals surface area contributed by atoms with Crippen molar-refractivity contribution in [2.75, 3.05) is 7.11 Å². The second-order valence-electron chi connectivity index (χ2n) is 5.91. The molecule has 0 saturated heterocycles. The van der Waals surface area contributed by atoms with Gasteiger partial charge in [0.15, 0.2) is 0 Å². The van der Waals surface area contributed by atoms with Gasteiger partial charge in [-0.05, 0) is 34.9 Å². The molecule has 106 valence electrons. The van der Waals surface area contributed by atoms with Crippen molar-refractivity contribution in [3.63, 3.8) is 0 Å². The first-order valence-electron chi connectivity index (χ1n) is 6.69. The summed E-state index contributed by atoms with van der Waals surface area (Å²) in [5.41, 5.74) is 2.25. The molecule has 0 aliphatic heterocycles. The van der Waals surface area contributed by atoms with E-state index in [2.05, 4.69) is 32.9 Å².